The zero-order valence-electron chi connectivity index (χ0n) is 9.77. The van der Waals surface area contributed by atoms with Crippen molar-refractivity contribution in [1.29, 1.82) is 0 Å². The van der Waals surface area contributed by atoms with Gasteiger partial charge in [-0.15, -0.1) is 0 Å². The molecule has 5 heteroatoms. The maximum absolute atomic E-state index is 13.0. The summed E-state index contributed by atoms with van der Waals surface area (Å²) in [4.78, 5) is 0. The van der Waals surface area contributed by atoms with Gasteiger partial charge in [-0.25, -0.2) is 0 Å². The van der Waals surface area contributed by atoms with E-state index in [1.807, 2.05) is 0 Å². The summed E-state index contributed by atoms with van der Waals surface area (Å²) in [5.74, 6) is -0.0659. The number of ether oxygens (including phenoxy) is 1. The highest BCUT2D eigenvalue weighted by molar-refractivity contribution is 9.10. The van der Waals surface area contributed by atoms with Gasteiger partial charge >= 0.3 is 6.18 Å². The molecular weight excluding hydrogens is 309 g/mol. The number of rotatable bonds is 2. The molecule has 0 aromatic heterocycles. The molecule has 100 valence electrons. The molecule has 0 unspecified atom stereocenters. The van der Waals surface area contributed by atoms with Crippen LogP contribution in [-0.4, -0.2) is 6.10 Å². The van der Waals surface area contributed by atoms with Gasteiger partial charge in [-0.3, -0.25) is 0 Å². The van der Waals surface area contributed by atoms with Gasteiger partial charge in [-0.05, 0) is 37.8 Å². The Labute approximate surface area is 112 Å². The maximum Gasteiger partial charge on any atom is 0.421 e. The molecule has 0 bridgehead atoms. The molecule has 0 aliphatic heterocycles. The SMILES string of the molecule is FC(F)(F)c1c(Br)cccc1OC1CCCCC1. The highest BCUT2D eigenvalue weighted by Crippen LogP contribution is 2.41. The van der Waals surface area contributed by atoms with Gasteiger partial charge < -0.3 is 4.74 Å². The predicted octanol–water partition coefficient (Wildman–Crippen LogP) is 5.18. The average molecular weight is 323 g/mol. The van der Waals surface area contributed by atoms with Crippen LogP contribution in [0.1, 0.15) is 37.7 Å². The first-order valence-corrected chi connectivity index (χ1v) is 6.80. The van der Waals surface area contributed by atoms with Crippen LogP contribution in [0.3, 0.4) is 0 Å². The highest BCUT2D eigenvalue weighted by atomic mass is 79.9. The summed E-state index contributed by atoms with van der Waals surface area (Å²) in [6.45, 7) is 0. The van der Waals surface area contributed by atoms with Crippen molar-refractivity contribution in [2.45, 2.75) is 44.4 Å². The quantitative estimate of drug-likeness (QED) is 0.729. The second kappa shape index (κ2) is 5.51. The largest absolute Gasteiger partial charge is 0.490 e. The Bertz CT molecular complexity index is 411. The third-order valence-electron chi connectivity index (χ3n) is 3.10. The smallest absolute Gasteiger partial charge is 0.421 e. The molecule has 1 saturated carbocycles. The van der Waals surface area contributed by atoms with Gasteiger partial charge in [0.2, 0.25) is 0 Å². The molecule has 1 aromatic carbocycles. The van der Waals surface area contributed by atoms with Gasteiger partial charge in [-0.2, -0.15) is 13.2 Å². The summed E-state index contributed by atoms with van der Waals surface area (Å²) in [6, 6.07) is 4.34. The van der Waals surface area contributed by atoms with Crippen LogP contribution in [0.15, 0.2) is 22.7 Å². The van der Waals surface area contributed by atoms with Crippen molar-refractivity contribution in [3.8, 4) is 5.75 Å². The Morgan fingerprint density at radius 3 is 2.39 bits per heavy atom. The fourth-order valence-electron chi connectivity index (χ4n) is 2.24. The molecule has 0 N–H and O–H groups in total. The number of benzene rings is 1. The number of alkyl halides is 3. The van der Waals surface area contributed by atoms with Crippen molar-refractivity contribution in [1.82, 2.24) is 0 Å². The van der Waals surface area contributed by atoms with E-state index in [0.717, 1.165) is 32.1 Å². The van der Waals surface area contributed by atoms with E-state index in [-0.39, 0.29) is 16.3 Å². The second-order valence-electron chi connectivity index (χ2n) is 4.49. The van der Waals surface area contributed by atoms with E-state index in [1.54, 1.807) is 6.07 Å². The number of hydrogen-bond acceptors (Lipinski definition) is 1. The molecule has 0 amide bonds. The van der Waals surface area contributed by atoms with Crippen LogP contribution in [0.2, 0.25) is 0 Å². The van der Waals surface area contributed by atoms with Crippen molar-refractivity contribution in [3.63, 3.8) is 0 Å². The van der Waals surface area contributed by atoms with E-state index in [2.05, 4.69) is 15.9 Å². The summed E-state index contributed by atoms with van der Waals surface area (Å²) in [6.07, 6.45) is 0.386. The van der Waals surface area contributed by atoms with E-state index in [9.17, 15) is 13.2 Å². The summed E-state index contributed by atoms with van der Waals surface area (Å²) in [5.41, 5.74) is -0.712. The maximum atomic E-state index is 13.0. The lowest BCUT2D eigenvalue weighted by Gasteiger charge is -2.25. The van der Waals surface area contributed by atoms with Crippen molar-refractivity contribution >= 4 is 15.9 Å². The number of hydrogen-bond donors (Lipinski definition) is 0. The van der Waals surface area contributed by atoms with Crippen molar-refractivity contribution in [3.05, 3.63) is 28.2 Å². The fourth-order valence-corrected chi connectivity index (χ4v) is 2.81. The topological polar surface area (TPSA) is 9.23 Å². The minimum absolute atomic E-state index is 0.0308. The minimum Gasteiger partial charge on any atom is -0.490 e. The van der Waals surface area contributed by atoms with Crippen molar-refractivity contribution in [2.75, 3.05) is 0 Å². The van der Waals surface area contributed by atoms with Crippen molar-refractivity contribution in [2.24, 2.45) is 0 Å². The van der Waals surface area contributed by atoms with Gasteiger partial charge in [-0.1, -0.05) is 28.4 Å². The van der Waals surface area contributed by atoms with Crippen LogP contribution in [0.25, 0.3) is 0 Å². The summed E-state index contributed by atoms with van der Waals surface area (Å²) in [5, 5.41) is 0. The van der Waals surface area contributed by atoms with Crippen LogP contribution >= 0.6 is 15.9 Å². The van der Waals surface area contributed by atoms with Gasteiger partial charge in [0.25, 0.3) is 0 Å². The molecule has 1 nitrogen and oxygen atoms in total. The number of halogens is 4. The first kappa shape index (κ1) is 13.7. The van der Waals surface area contributed by atoms with Gasteiger partial charge in [0, 0.05) is 4.47 Å². The predicted molar refractivity (Wildman–Crippen MR) is 66.6 cm³/mol. The molecule has 2 rings (SSSR count). The Morgan fingerprint density at radius 1 is 1.11 bits per heavy atom. The molecule has 1 fully saturated rings. The minimum atomic E-state index is -4.40. The summed E-state index contributed by atoms with van der Waals surface area (Å²) in [7, 11) is 0. The van der Waals surface area contributed by atoms with Gasteiger partial charge in [0.15, 0.2) is 0 Å². The van der Waals surface area contributed by atoms with E-state index in [0.29, 0.717) is 0 Å². The van der Waals surface area contributed by atoms with Crippen LogP contribution in [0.5, 0.6) is 5.75 Å². The summed E-state index contributed by atoms with van der Waals surface area (Å²) >= 11 is 2.95. The molecule has 0 saturated heterocycles. The molecule has 1 aromatic rings. The Kier molecular flexibility index (Phi) is 4.20. The monoisotopic (exact) mass is 322 g/mol. The normalized spacial score (nSPS) is 17.8. The van der Waals surface area contributed by atoms with Crippen LogP contribution in [-0.2, 0) is 6.18 Å². The molecule has 1 aliphatic rings. The molecule has 0 radical (unpaired) electrons. The van der Waals surface area contributed by atoms with E-state index in [1.165, 1.54) is 12.1 Å². The Morgan fingerprint density at radius 2 is 1.78 bits per heavy atom. The van der Waals surface area contributed by atoms with Crippen LogP contribution < -0.4 is 4.74 Å². The molecule has 1 aliphatic carbocycles. The second-order valence-corrected chi connectivity index (χ2v) is 5.34. The Hall–Kier alpha value is -0.710. The first-order valence-electron chi connectivity index (χ1n) is 6.01. The highest BCUT2D eigenvalue weighted by Gasteiger charge is 2.37. The summed E-state index contributed by atoms with van der Waals surface area (Å²) < 4.78 is 44.4. The van der Waals surface area contributed by atoms with Crippen LogP contribution in [0, 0.1) is 0 Å². The van der Waals surface area contributed by atoms with E-state index >= 15 is 0 Å². The lowest BCUT2D eigenvalue weighted by molar-refractivity contribution is -0.140. The lowest BCUT2D eigenvalue weighted by atomic mass is 9.97. The standard InChI is InChI=1S/C13H14BrF3O/c14-10-7-4-8-11(12(10)13(15,16)17)18-9-5-2-1-3-6-9/h4,7-9H,1-3,5-6H2. The third kappa shape index (κ3) is 3.19. The molecule has 0 atom stereocenters. The zero-order chi connectivity index (χ0) is 13.2. The van der Waals surface area contributed by atoms with Gasteiger partial charge in [0.1, 0.15) is 11.3 Å². The van der Waals surface area contributed by atoms with E-state index < -0.39 is 11.7 Å². The molecule has 0 spiro atoms. The van der Waals surface area contributed by atoms with Crippen LogP contribution in [0.4, 0.5) is 13.2 Å². The zero-order valence-corrected chi connectivity index (χ0v) is 11.4. The lowest BCUT2D eigenvalue weighted by Crippen LogP contribution is -2.21. The Balaban J connectivity index is 2.24. The molecule has 18 heavy (non-hydrogen) atoms. The molecule has 0 heterocycles. The van der Waals surface area contributed by atoms with E-state index in [4.69, 9.17) is 4.74 Å². The molecular formula is C13H14BrF3O. The fraction of sp³-hybridized carbons (Fsp3) is 0.538. The first-order chi connectivity index (χ1) is 8.48. The third-order valence-corrected chi connectivity index (χ3v) is 3.77. The van der Waals surface area contributed by atoms with Gasteiger partial charge in [0.05, 0.1) is 6.10 Å². The van der Waals surface area contributed by atoms with Crippen molar-refractivity contribution < 1.29 is 17.9 Å². The average Bonchev–Trinajstić information content (AvgIpc) is 2.28.